The van der Waals surface area contributed by atoms with Crippen molar-refractivity contribution in [2.75, 3.05) is 13.1 Å². The quantitative estimate of drug-likeness (QED) is 0.342. The number of Topliss-reactive ketones (excluding diaryl/α,β-unsaturated/α-hetero) is 1. The number of hydrogen-bond acceptors (Lipinski definition) is 5. The number of ketones is 1. The maximum Gasteiger partial charge on any atom is 0.274 e. The first-order valence-electron chi connectivity index (χ1n) is 9.92. The van der Waals surface area contributed by atoms with Crippen LogP contribution in [0.1, 0.15) is 33.7 Å². The molecule has 1 fully saturated rings. The second-order valence-corrected chi connectivity index (χ2v) is 7.48. The van der Waals surface area contributed by atoms with Crippen molar-refractivity contribution in [1.29, 1.82) is 0 Å². The monoisotopic (exact) mass is 440 g/mol. The smallest absolute Gasteiger partial charge is 0.274 e. The molecule has 2 aromatic carbocycles. The van der Waals surface area contributed by atoms with Gasteiger partial charge in [-0.3, -0.25) is 19.7 Å². The minimum absolute atomic E-state index is 0.0904. The number of likely N-dealkylation sites (tertiary alicyclic amines) is 1. The Morgan fingerprint density at radius 1 is 1.06 bits per heavy atom. The summed E-state index contributed by atoms with van der Waals surface area (Å²) in [5, 5.41) is 15.2. The van der Waals surface area contributed by atoms with Gasteiger partial charge >= 0.3 is 0 Å². The first-order valence-corrected chi connectivity index (χ1v) is 9.92. The summed E-state index contributed by atoms with van der Waals surface area (Å²) in [5.74, 6) is -2.75. The van der Waals surface area contributed by atoms with Gasteiger partial charge in [-0.1, -0.05) is 6.07 Å². The third-order valence-corrected chi connectivity index (χ3v) is 5.46. The molecule has 8 nitrogen and oxygen atoms in total. The zero-order chi connectivity index (χ0) is 22.8. The molecule has 1 aromatic heterocycles. The lowest BCUT2D eigenvalue weighted by atomic mass is 9.88. The van der Waals surface area contributed by atoms with Crippen molar-refractivity contribution in [3.63, 3.8) is 0 Å². The van der Waals surface area contributed by atoms with E-state index >= 15 is 0 Å². The van der Waals surface area contributed by atoms with Crippen molar-refractivity contribution in [2.45, 2.75) is 12.8 Å². The van der Waals surface area contributed by atoms with Gasteiger partial charge in [-0.2, -0.15) is 5.10 Å². The highest BCUT2D eigenvalue weighted by Gasteiger charge is 2.30. The molecule has 0 N–H and O–H groups in total. The van der Waals surface area contributed by atoms with Gasteiger partial charge in [0.1, 0.15) is 11.6 Å². The summed E-state index contributed by atoms with van der Waals surface area (Å²) in [6.07, 6.45) is 2.19. The van der Waals surface area contributed by atoms with Gasteiger partial charge in [0, 0.05) is 37.3 Å². The number of non-ortho nitro benzene ring substituents is 1. The van der Waals surface area contributed by atoms with Gasteiger partial charge in [0.05, 0.1) is 16.2 Å². The highest BCUT2D eigenvalue weighted by atomic mass is 19.1. The van der Waals surface area contributed by atoms with E-state index in [2.05, 4.69) is 5.10 Å². The fraction of sp³-hybridized carbons (Fsp3) is 0.227. The number of nitrogens with zero attached hydrogens (tertiary/aromatic N) is 4. The third-order valence-electron chi connectivity index (χ3n) is 5.46. The molecule has 0 atom stereocenters. The summed E-state index contributed by atoms with van der Waals surface area (Å²) < 4.78 is 28.7. The SMILES string of the molecule is O=C(c1cc(F)ccc1F)C1CCN(C(=O)c2ccn(-c3cccc([N+](=O)[O-])c3)n2)CC1. The molecule has 2 heterocycles. The lowest BCUT2D eigenvalue weighted by molar-refractivity contribution is -0.384. The van der Waals surface area contributed by atoms with Crippen LogP contribution in [0.3, 0.4) is 0 Å². The summed E-state index contributed by atoms with van der Waals surface area (Å²) in [6, 6.07) is 10.2. The number of piperidine rings is 1. The zero-order valence-electron chi connectivity index (χ0n) is 16.8. The normalized spacial score (nSPS) is 14.4. The van der Waals surface area contributed by atoms with E-state index in [9.17, 15) is 28.5 Å². The summed E-state index contributed by atoms with van der Waals surface area (Å²) >= 11 is 0. The second-order valence-electron chi connectivity index (χ2n) is 7.48. The molecule has 0 saturated carbocycles. The number of carbonyl (C=O) groups excluding carboxylic acids is 2. The van der Waals surface area contributed by atoms with E-state index in [-0.39, 0.29) is 35.9 Å². The molecular formula is C22H18F2N4O4. The lowest BCUT2D eigenvalue weighted by Gasteiger charge is -2.31. The Hall–Kier alpha value is -3.95. The molecule has 3 aromatic rings. The van der Waals surface area contributed by atoms with E-state index in [1.807, 2.05) is 0 Å². The van der Waals surface area contributed by atoms with Crippen LogP contribution in [-0.4, -0.2) is 44.4 Å². The van der Waals surface area contributed by atoms with Gasteiger partial charge in [0.2, 0.25) is 0 Å². The molecule has 0 unspecified atom stereocenters. The number of hydrogen-bond donors (Lipinski definition) is 0. The van der Waals surface area contributed by atoms with E-state index in [1.54, 1.807) is 11.0 Å². The Morgan fingerprint density at radius 2 is 1.81 bits per heavy atom. The Kier molecular flexibility index (Phi) is 5.76. The fourth-order valence-corrected chi connectivity index (χ4v) is 3.74. The number of nitro groups is 1. The number of aromatic nitrogens is 2. The average molecular weight is 440 g/mol. The van der Waals surface area contributed by atoms with E-state index in [0.717, 1.165) is 18.2 Å². The third kappa shape index (κ3) is 4.25. The molecule has 0 bridgehead atoms. The minimum atomic E-state index is -0.762. The van der Waals surface area contributed by atoms with Gasteiger partial charge in [-0.25, -0.2) is 13.5 Å². The number of amides is 1. The van der Waals surface area contributed by atoms with Crippen molar-refractivity contribution in [1.82, 2.24) is 14.7 Å². The highest BCUT2D eigenvalue weighted by molar-refractivity contribution is 5.98. The molecule has 1 aliphatic rings. The average Bonchev–Trinajstić information content (AvgIpc) is 3.30. The van der Waals surface area contributed by atoms with Crippen LogP contribution in [-0.2, 0) is 0 Å². The van der Waals surface area contributed by atoms with Gasteiger partial charge in [0.25, 0.3) is 11.6 Å². The zero-order valence-corrected chi connectivity index (χ0v) is 16.8. The fourth-order valence-electron chi connectivity index (χ4n) is 3.74. The predicted octanol–water partition coefficient (Wildman–Crippen LogP) is 3.79. The summed E-state index contributed by atoms with van der Waals surface area (Å²) in [6.45, 7) is 0.547. The van der Waals surface area contributed by atoms with Crippen LogP contribution >= 0.6 is 0 Å². The largest absolute Gasteiger partial charge is 0.337 e. The van der Waals surface area contributed by atoms with Crippen molar-refractivity contribution in [3.8, 4) is 5.69 Å². The molecule has 0 radical (unpaired) electrons. The maximum atomic E-state index is 13.9. The molecule has 1 amide bonds. The molecule has 1 aliphatic heterocycles. The van der Waals surface area contributed by atoms with Gasteiger partial charge in [0.15, 0.2) is 11.5 Å². The van der Waals surface area contributed by atoms with Crippen LogP contribution in [0.4, 0.5) is 14.5 Å². The van der Waals surface area contributed by atoms with E-state index < -0.39 is 28.3 Å². The number of benzene rings is 2. The molecular weight excluding hydrogens is 422 g/mol. The summed E-state index contributed by atoms with van der Waals surface area (Å²) in [5.41, 5.74) is 0.245. The Labute approximate surface area is 181 Å². The molecule has 1 saturated heterocycles. The maximum absolute atomic E-state index is 13.9. The van der Waals surface area contributed by atoms with Crippen LogP contribution in [0.2, 0.25) is 0 Å². The van der Waals surface area contributed by atoms with Crippen molar-refractivity contribution in [3.05, 3.63) is 87.7 Å². The van der Waals surface area contributed by atoms with Gasteiger partial charge in [-0.05, 0) is 43.2 Å². The molecule has 0 spiro atoms. The van der Waals surface area contributed by atoms with Crippen LogP contribution in [0.15, 0.2) is 54.7 Å². The van der Waals surface area contributed by atoms with Gasteiger partial charge < -0.3 is 4.90 Å². The standard InChI is InChI=1S/C22H18F2N4O4/c23-15-4-5-19(24)18(12-15)21(29)14-6-9-26(10-7-14)22(30)20-8-11-27(25-20)16-2-1-3-17(13-16)28(31)32/h1-5,8,11-14H,6-7,9-10H2. The van der Waals surface area contributed by atoms with Crippen molar-refractivity contribution >= 4 is 17.4 Å². The number of nitro benzene ring substituents is 1. The number of halogens is 2. The minimum Gasteiger partial charge on any atom is -0.337 e. The highest BCUT2D eigenvalue weighted by Crippen LogP contribution is 2.25. The van der Waals surface area contributed by atoms with Crippen LogP contribution in [0.25, 0.3) is 5.69 Å². The second kappa shape index (κ2) is 8.66. The lowest BCUT2D eigenvalue weighted by Crippen LogP contribution is -2.40. The number of rotatable bonds is 5. The van der Waals surface area contributed by atoms with Crippen molar-refractivity contribution < 1.29 is 23.3 Å². The van der Waals surface area contributed by atoms with E-state index in [1.165, 1.54) is 35.1 Å². The molecule has 10 heteroatoms. The Morgan fingerprint density at radius 3 is 2.53 bits per heavy atom. The Balaban J connectivity index is 1.42. The molecule has 4 rings (SSSR count). The van der Waals surface area contributed by atoms with Crippen molar-refractivity contribution in [2.24, 2.45) is 5.92 Å². The van der Waals surface area contributed by atoms with E-state index in [4.69, 9.17) is 0 Å². The first kappa shape index (κ1) is 21.3. The predicted molar refractivity (Wildman–Crippen MR) is 110 cm³/mol. The summed E-state index contributed by atoms with van der Waals surface area (Å²) in [4.78, 5) is 37.4. The van der Waals surface area contributed by atoms with Crippen LogP contribution in [0, 0.1) is 27.7 Å². The van der Waals surface area contributed by atoms with Crippen LogP contribution < -0.4 is 0 Å². The van der Waals surface area contributed by atoms with E-state index in [0.29, 0.717) is 18.5 Å². The topological polar surface area (TPSA) is 98.3 Å². The molecule has 32 heavy (non-hydrogen) atoms. The van der Waals surface area contributed by atoms with Crippen LogP contribution in [0.5, 0.6) is 0 Å². The number of carbonyl (C=O) groups is 2. The van der Waals surface area contributed by atoms with Gasteiger partial charge in [-0.15, -0.1) is 0 Å². The molecule has 164 valence electrons. The summed E-state index contributed by atoms with van der Waals surface area (Å²) in [7, 11) is 0. The molecule has 0 aliphatic carbocycles. The first-order chi connectivity index (χ1) is 15.3. The Bertz CT molecular complexity index is 1200.